The molecule has 2 aromatic rings. The van der Waals surface area contributed by atoms with E-state index < -0.39 is 0 Å². The van der Waals surface area contributed by atoms with Crippen LogP contribution in [0.15, 0.2) is 23.0 Å². The topological polar surface area (TPSA) is 34.1 Å². The molecule has 0 fully saturated rings. The van der Waals surface area contributed by atoms with Crippen molar-refractivity contribution >= 4 is 11.3 Å². The molecule has 0 amide bonds. The average molecular weight is 262 g/mol. The fourth-order valence-corrected chi connectivity index (χ4v) is 2.57. The summed E-state index contributed by atoms with van der Waals surface area (Å²) in [5, 5.41) is 5.18. The molecule has 0 spiro atoms. The molecule has 96 valence electrons. The van der Waals surface area contributed by atoms with Gasteiger partial charge < -0.3 is 10.1 Å². The summed E-state index contributed by atoms with van der Waals surface area (Å²) in [5.74, 6) is 0.975. The van der Waals surface area contributed by atoms with E-state index in [2.05, 4.69) is 36.3 Å². The van der Waals surface area contributed by atoms with Gasteiger partial charge in [-0.15, -0.1) is 11.3 Å². The second-order valence-electron chi connectivity index (χ2n) is 4.36. The van der Waals surface area contributed by atoms with Crippen LogP contribution >= 0.6 is 11.3 Å². The van der Waals surface area contributed by atoms with E-state index in [4.69, 9.17) is 4.74 Å². The van der Waals surface area contributed by atoms with E-state index in [0.717, 1.165) is 18.0 Å². The van der Waals surface area contributed by atoms with E-state index in [-0.39, 0.29) is 0 Å². The molecular weight excluding hydrogens is 244 g/mol. The minimum Gasteiger partial charge on any atom is -0.487 e. The molecule has 1 heterocycles. The first kappa shape index (κ1) is 13.1. The largest absolute Gasteiger partial charge is 0.487 e. The first-order valence-corrected chi connectivity index (χ1v) is 6.89. The molecule has 0 saturated carbocycles. The van der Waals surface area contributed by atoms with Crippen LogP contribution in [0.25, 0.3) is 0 Å². The summed E-state index contributed by atoms with van der Waals surface area (Å²) in [6.07, 6.45) is 0. The Kier molecular flexibility index (Phi) is 4.33. The van der Waals surface area contributed by atoms with E-state index in [9.17, 15) is 0 Å². The van der Waals surface area contributed by atoms with Crippen LogP contribution < -0.4 is 10.1 Å². The van der Waals surface area contributed by atoms with Gasteiger partial charge in [-0.05, 0) is 37.6 Å². The molecule has 0 aliphatic heterocycles. The van der Waals surface area contributed by atoms with Gasteiger partial charge in [-0.3, -0.25) is 0 Å². The summed E-state index contributed by atoms with van der Waals surface area (Å²) >= 11 is 1.59. The highest BCUT2D eigenvalue weighted by Gasteiger charge is 2.07. The Morgan fingerprint density at radius 1 is 1.28 bits per heavy atom. The Bertz CT molecular complexity index is 486. The average Bonchev–Trinajstić information content (AvgIpc) is 2.81. The highest BCUT2D eigenvalue weighted by Crippen LogP contribution is 2.25. The van der Waals surface area contributed by atoms with E-state index in [1.165, 1.54) is 16.7 Å². The minimum atomic E-state index is 0.538. The maximum Gasteiger partial charge on any atom is 0.131 e. The number of ether oxygens (including phenoxy) is 1. The van der Waals surface area contributed by atoms with Crippen molar-refractivity contribution in [3.8, 4) is 5.75 Å². The Labute approximate surface area is 112 Å². The molecule has 18 heavy (non-hydrogen) atoms. The van der Waals surface area contributed by atoms with Gasteiger partial charge in [0.2, 0.25) is 0 Å². The van der Waals surface area contributed by atoms with Crippen LogP contribution in [0, 0.1) is 13.8 Å². The molecule has 0 bridgehead atoms. The van der Waals surface area contributed by atoms with Crippen LogP contribution in [0.4, 0.5) is 0 Å². The van der Waals surface area contributed by atoms with Gasteiger partial charge in [0.1, 0.15) is 12.4 Å². The Balaban J connectivity index is 2.12. The molecule has 0 radical (unpaired) electrons. The summed E-state index contributed by atoms with van der Waals surface area (Å²) < 4.78 is 5.87. The third-order valence-corrected chi connectivity index (χ3v) is 3.38. The molecule has 1 aromatic heterocycles. The predicted octanol–water partition coefficient (Wildman–Crippen LogP) is 3.06. The third-order valence-electron chi connectivity index (χ3n) is 2.75. The highest BCUT2D eigenvalue weighted by molar-refractivity contribution is 7.07. The summed E-state index contributed by atoms with van der Waals surface area (Å²) in [5.41, 5.74) is 6.45. The molecule has 4 heteroatoms. The van der Waals surface area contributed by atoms with Gasteiger partial charge in [0.15, 0.2) is 0 Å². The molecule has 0 aliphatic rings. The zero-order valence-corrected chi connectivity index (χ0v) is 11.8. The van der Waals surface area contributed by atoms with Gasteiger partial charge in [0.25, 0.3) is 0 Å². The maximum absolute atomic E-state index is 5.87. The SMILES string of the molecule is CNCc1cc(C)c(OCc2cscn2)c(C)c1. The van der Waals surface area contributed by atoms with Gasteiger partial charge in [-0.25, -0.2) is 4.98 Å². The van der Waals surface area contributed by atoms with Crippen molar-refractivity contribution in [2.45, 2.75) is 27.0 Å². The number of nitrogens with zero attached hydrogens (tertiary/aromatic N) is 1. The molecule has 0 unspecified atom stereocenters. The highest BCUT2D eigenvalue weighted by atomic mass is 32.1. The number of hydrogen-bond acceptors (Lipinski definition) is 4. The lowest BCUT2D eigenvalue weighted by molar-refractivity contribution is 0.298. The summed E-state index contributed by atoms with van der Waals surface area (Å²) in [6.45, 7) is 5.59. The third kappa shape index (κ3) is 3.09. The number of benzene rings is 1. The molecule has 2 rings (SSSR count). The maximum atomic E-state index is 5.87. The van der Waals surface area contributed by atoms with Crippen LogP contribution in [0.2, 0.25) is 0 Å². The fourth-order valence-electron chi connectivity index (χ4n) is 2.03. The van der Waals surface area contributed by atoms with Gasteiger partial charge in [0, 0.05) is 11.9 Å². The second-order valence-corrected chi connectivity index (χ2v) is 5.08. The van der Waals surface area contributed by atoms with Crippen LogP contribution in [-0.2, 0) is 13.2 Å². The number of rotatable bonds is 5. The number of aromatic nitrogens is 1. The number of aryl methyl sites for hydroxylation is 2. The molecule has 1 N–H and O–H groups in total. The molecule has 0 aliphatic carbocycles. The predicted molar refractivity (Wildman–Crippen MR) is 75.1 cm³/mol. The van der Waals surface area contributed by atoms with E-state index in [0.29, 0.717) is 6.61 Å². The summed E-state index contributed by atoms with van der Waals surface area (Å²) in [6, 6.07) is 4.33. The van der Waals surface area contributed by atoms with Crippen molar-refractivity contribution in [1.82, 2.24) is 10.3 Å². The Hall–Kier alpha value is -1.39. The Morgan fingerprint density at radius 2 is 2.00 bits per heavy atom. The molecular formula is C14H18N2OS. The first-order chi connectivity index (χ1) is 8.70. The monoisotopic (exact) mass is 262 g/mol. The van der Waals surface area contributed by atoms with Crippen molar-refractivity contribution in [3.05, 3.63) is 45.4 Å². The summed E-state index contributed by atoms with van der Waals surface area (Å²) in [4.78, 5) is 4.22. The number of hydrogen-bond donors (Lipinski definition) is 1. The molecule has 1 aromatic carbocycles. The second kappa shape index (κ2) is 5.98. The van der Waals surface area contributed by atoms with E-state index in [1.807, 2.05) is 17.9 Å². The van der Waals surface area contributed by atoms with Crippen LogP contribution in [0.1, 0.15) is 22.4 Å². The molecule has 3 nitrogen and oxygen atoms in total. The van der Waals surface area contributed by atoms with Gasteiger partial charge in [-0.1, -0.05) is 12.1 Å². The quantitative estimate of drug-likeness (QED) is 0.899. The minimum absolute atomic E-state index is 0.538. The van der Waals surface area contributed by atoms with Crippen molar-refractivity contribution in [2.75, 3.05) is 7.05 Å². The smallest absolute Gasteiger partial charge is 0.131 e. The van der Waals surface area contributed by atoms with Gasteiger partial charge in [-0.2, -0.15) is 0 Å². The van der Waals surface area contributed by atoms with Crippen LogP contribution in [0.3, 0.4) is 0 Å². The lowest BCUT2D eigenvalue weighted by Crippen LogP contribution is -2.06. The molecule has 0 saturated heterocycles. The Morgan fingerprint density at radius 3 is 2.56 bits per heavy atom. The zero-order valence-electron chi connectivity index (χ0n) is 11.0. The zero-order chi connectivity index (χ0) is 13.0. The van der Waals surface area contributed by atoms with Gasteiger partial charge >= 0.3 is 0 Å². The van der Waals surface area contributed by atoms with Crippen molar-refractivity contribution < 1.29 is 4.74 Å². The van der Waals surface area contributed by atoms with Crippen molar-refractivity contribution in [1.29, 1.82) is 0 Å². The van der Waals surface area contributed by atoms with E-state index >= 15 is 0 Å². The lowest BCUT2D eigenvalue weighted by Gasteiger charge is -2.13. The van der Waals surface area contributed by atoms with Gasteiger partial charge in [0.05, 0.1) is 11.2 Å². The first-order valence-electron chi connectivity index (χ1n) is 5.95. The normalized spacial score (nSPS) is 10.6. The lowest BCUT2D eigenvalue weighted by atomic mass is 10.1. The van der Waals surface area contributed by atoms with Crippen LogP contribution in [-0.4, -0.2) is 12.0 Å². The molecule has 0 atom stereocenters. The van der Waals surface area contributed by atoms with Crippen molar-refractivity contribution in [3.63, 3.8) is 0 Å². The van der Waals surface area contributed by atoms with E-state index in [1.54, 1.807) is 11.3 Å². The number of thiazole rings is 1. The fraction of sp³-hybridized carbons (Fsp3) is 0.357. The van der Waals surface area contributed by atoms with Crippen LogP contribution in [0.5, 0.6) is 5.75 Å². The standard InChI is InChI=1S/C14H18N2OS/c1-10-4-12(6-15-3)5-11(2)14(10)17-7-13-8-18-9-16-13/h4-5,8-9,15H,6-7H2,1-3H3. The summed E-state index contributed by atoms with van der Waals surface area (Å²) in [7, 11) is 1.96. The number of nitrogens with one attached hydrogen (secondary N) is 1. The van der Waals surface area contributed by atoms with Crippen molar-refractivity contribution in [2.24, 2.45) is 0 Å².